The molecule has 4 heteroatoms. The van der Waals surface area contributed by atoms with Gasteiger partial charge in [0.25, 0.3) is 0 Å². The summed E-state index contributed by atoms with van der Waals surface area (Å²) < 4.78 is 10.5. The summed E-state index contributed by atoms with van der Waals surface area (Å²) in [4.78, 5) is 12.5. The van der Waals surface area contributed by atoms with Crippen LogP contribution in [-0.2, 0) is 4.74 Å². The predicted octanol–water partition coefficient (Wildman–Crippen LogP) is 3.59. The average Bonchev–Trinajstić information content (AvgIpc) is 2.27. The lowest BCUT2D eigenvalue weighted by Crippen LogP contribution is -2.36. The number of carbonyl (C=O) groups excluding carboxylic acids is 1. The summed E-state index contributed by atoms with van der Waals surface area (Å²) in [5.41, 5.74) is 0.158. The molecule has 0 amide bonds. The van der Waals surface area contributed by atoms with Crippen LogP contribution in [0, 0.1) is 5.41 Å². The monoisotopic (exact) mass is 270 g/mol. The summed E-state index contributed by atoms with van der Waals surface area (Å²) in [5, 5.41) is 0.503. The number of benzene rings is 1. The number of methoxy groups -OCH3 is 2. The first-order chi connectivity index (χ1) is 8.31. The molecule has 0 aromatic heterocycles. The van der Waals surface area contributed by atoms with Gasteiger partial charge in [0.2, 0.25) is 0 Å². The molecule has 1 aromatic carbocycles. The maximum Gasteiger partial charge on any atom is 0.195 e. The molecule has 0 saturated carbocycles. The summed E-state index contributed by atoms with van der Waals surface area (Å²) in [6.07, 6.45) is -0.537. The molecular formula is C14H19ClO3. The lowest BCUT2D eigenvalue weighted by atomic mass is 9.84. The largest absolute Gasteiger partial charge is 0.496 e. The summed E-state index contributed by atoms with van der Waals surface area (Å²) in [6.45, 7) is 5.86. The summed E-state index contributed by atoms with van der Waals surface area (Å²) >= 11 is 5.93. The zero-order chi connectivity index (χ0) is 13.9. The molecule has 1 rings (SSSR count). The van der Waals surface area contributed by atoms with Gasteiger partial charge in [-0.25, -0.2) is 0 Å². The molecule has 0 fully saturated rings. The highest BCUT2D eigenvalue weighted by molar-refractivity contribution is 6.31. The molecule has 0 spiro atoms. The van der Waals surface area contributed by atoms with Gasteiger partial charge in [0.1, 0.15) is 11.9 Å². The van der Waals surface area contributed by atoms with E-state index in [1.54, 1.807) is 18.2 Å². The predicted molar refractivity (Wildman–Crippen MR) is 72.6 cm³/mol. The minimum Gasteiger partial charge on any atom is -0.496 e. The van der Waals surface area contributed by atoms with Crippen LogP contribution in [0.25, 0.3) is 0 Å². The van der Waals surface area contributed by atoms with Crippen molar-refractivity contribution in [1.82, 2.24) is 0 Å². The standard InChI is InChI=1S/C14H19ClO3/c1-14(2,3)13(18-5)12(16)10-8-9(15)6-7-11(10)17-4/h6-8,13H,1-5H3. The van der Waals surface area contributed by atoms with Gasteiger partial charge < -0.3 is 9.47 Å². The number of hydrogen-bond acceptors (Lipinski definition) is 3. The smallest absolute Gasteiger partial charge is 0.195 e. The Morgan fingerprint density at radius 3 is 2.33 bits per heavy atom. The Labute approximate surface area is 113 Å². The molecule has 100 valence electrons. The fraction of sp³-hybridized carbons (Fsp3) is 0.500. The van der Waals surface area contributed by atoms with Crippen LogP contribution in [0.4, 0.5) is 0 Å². The Morgan fingerprint density at radius 1 is 1.28 bits per heavy atom. The normalized spacial score (nSPS) is 13.2. The van der Waals surface area contributed by atoms with Crippen LogP contribution in [0.2, 0.25) is 5.02 Å². The molecule has 0 aliphatic rings. The summed E-state index contributed by atoms with van der Waals surface area (Å²) in [7, 11) is 3.06. The Morgan fingerprint density at radius 2 is 1.89 bits per heavy atom. The van der Waals surface area contributed by atoms with E-state index in [1.165, 1.54) is 14.2 Å². The van der Waals surface area contributed by atoms with Crippen molar-refractivity contribution in [2.24, 2.45) is 5.41 Å². The Hall–Kier alpha value is -1.06. The Kier molecular flexibility index (Phi) is 4.77. The van der Waals surface area contributed by atoms with Crippen molar-refractivity contribution in [3.05, 3.63) is 28.8 Å². The quantitative estimate of drug-likeness (QED) is 0.785. The first kappa shape index (κ1) is 15.0. The molecule has 0 N–H and O–H groups in total. The van der Waals surface area contributed by atoms with Crippen molar-refractivity contribution in [2.45, 2.75) is 26.9 Å². The fourth-order valence-corrected chi connectivity index (χ4v) is 2.04. The van der Waals surface area contributed by atoms with E-state index in [2.05, 4.69) is 0 Å². The van der Waals surface area contributed by atoms with E-state index in [-0.39, 0.29) is 11.2 Å². The second kappa shape index (κ2) is 5.72. The van der Waals surface area contributed by atoms with Gasteiger partial charge in [0.05, 0.1) is 12.7 Å². The van der Waals surface area contributed by atoms with Gasteiger partial charge in [-0.3, -0.25) is 4.79 Å². The first-order valence-corrected chi connectivity index (χ1v) is 6.09. The van der Waals surface area contributed by atoms with Gasteiger partial charge in [-0.05, 0) is 23.6 Å². The zero-order valence-electron chi connectivity index (χ0n) is 11.4. The maximum atomic E-state index is 12.5. The molecule has 18 heavy (non-hydrogen) atoms. The van der Waals surface area contributed by atoms with E-state index in [1.807, 2.05) is 20.8 Å². The number of hydrogen-bond donors (Lipinski definition) is 0. The molecule has 1 aromatic rings. The fourth-order valence-electron chi connectivity index (χ4n) is 1.87. The second-order valence-corrected chi connectivity index (χ2v) is 5.63. The van der Waals surface area contributed by atoms with Gasteiger partial charge in [0, 0.05) is 12.1 Å². The SMILES string of the molecule is COc1ccc(Cl)cc1C(=O)C(OC)C(C)(C)C. The van der Waals surface area contributed by atoms with Gasteiger partial charge in [-0.15, -0.1) is 0 Å². The molecule has 1 atom stereocenters. The molecular weight excluding hydrogens is 252 g/mol. The van der Waals surface area contributed by atoms with Crippen molar-refractivity contribution in [1.29, 1.82) is 0 Å². The van der Waals surface area contributed by atoms with Crippen LogP contribution in [0.1, 0.15) is 31.1 Å². The lowest BCUT2D eigenvalue weighted by Gasteiger charge is -2.28. The summed E-state index contributed by atoms with van der Waals surface area (Å²) in [6, 6.07) is 4.99. The van der Waals surface area contributed by atoms with Gasteiger partial charge in [0.15, 0.2) is 5.78 Å². The zero-order valence-corrected chi connectivity index (χ0v) is 12.2. The number of rotatable bonds is 4. The number of ether oxygens (including phenoxy) is 2. The highest BCUT2D eigenvalue weighted by atomic mass is 35.5. The minimum absolute atomic E-state index is 0.121. The highest BCUT2D eigenvalue weighted by Gasteiger charge is 2.33. The number of ketones is 1. The van der Waals surface area contributed by atoms with Crippen LogP contribution in [0.3, 0.4) is 0 Å². The van der Waals surface area contributed by atoms with Gasteiger partial charge >= 0.3 is 0 Å². The van der Waals surface area contributed by atoms with E-state index in [0.717, 1.165) is 0 Å². The van der Waals surface area contributed by atoms with E-state index in [0.29, 0.717) is 16.3 Å². The third-order valence-electron chi connectivity index (χ3n) is 2.69. The van der Waals surface area contributed by atoms with Crippen LogP contribution < -0.4 is 4.74 Å². The van der Waals surface area contributed by atoms with Crippen LogP contribution in [-0.4, -0.2) is 26.1 Å². The molecule has 1 unspecified atom stereocenters. The van der Waals surface area contributed by atoms with Gasteiger partial charge in [-0.1, -0.05) is 32.4 Å². The number of halogens is 1. The average molecular weight is 271 g/mol. The van der Waals surface area contributed by atoms with E-state index < -0.39 is 6.10 Å². The van der Waals surface area contributed by atoms with E-state index >= 15 is 0 Å². The van der Waals surface area contributed by atoms with Crippen molar-refractivity contribution < 1.29 is 14.3 Å². The van der Waals surface area contributed by atoms with Crippen LogP contribution >= 0.6 is 11.6 Å². The van der Waals surface area contributed by atoms with E-state index in [4.69, 9.17) is 21.1 Å². The third kappa shape index (κ3) is 3.24. The highest BCUT2D eigenvalue weighted by Crippen LogP contribution is 2.30. The van der Waals surface area contributed by atoms with Crippen molar-refractivity contribution in [3.8, 4) is 5.75 Å². The van der Waals surface area contributed by atoms with Crippen LogP contribution in [0.5, 0.6) is 5.75 Å². The first-order valence-electron chi connectivity index (χ1n) is 5.71. The van der Waals surface area contributed by atoms with Gasteiger partial charge in [-0.2, -0.15) is 0 Å². The topological polar surface area (TPSA) is 35.5 Å². The molecule has 0 heterocycles. The molecule has 0 saturated heterocycles. The second-order valence-electron chi connectivity index (χ2n) is 5.19. The summed E-state index contributed by atoms with van der Waals surface area (Å²) in [5.74, 6) is 0.389. The van der Waals surface area contributed by atoms with Crippen molar-refractivity contribution in [3.63, 3.8) is 0 Å². The molecule has 3 nitrogen and oxygen atoms in total. The Balaban J connectivity index is 3.20. The molecule has 0 radical (unpaired) electrons. The molecule has 0 aliphatic heterocycles. The van der Waals surface area contributed by atoms with Crippen LogP contribution in [0.15, 0.2) is 18.2 Å². The molecule has 0 bridgehead atoms. The number of carbonyl (C=O) groups is 1. The lowest BCUT2D eigenvalue weighted by molar-refractivity contribution is 0.0194. The number of Topliss-reactive ketones (excluding diaryl/α,β-unsaturated/α-hetero) is 1. The van der Waals surface area contributed by atoms with E-state index in [9.17, 15) is 4.79 Å². The molecule has 0 aliphatic carbocycles. The third-order valence-corrected chi connectivity index (χ3v) is 2.92. The Bertz CT molecular complexity index is 435. The van der Waals surface area contributed by atoms with Crippen molar-refractivity contribution in [2.75, 3.05) is 14.2 Å². The van der Waals surface area contributed by atoms with Crippen molar-refractivity contribution >= 4 is 17.4 Å². The maximum absolute atomic E-state index is 12.5. The minimum atomic E-state index is -0.537.